The van der Waals surface area contributed by atoms with Crippen molar-refractivity contribution in [2.24, 2.45) is 0 Å². The number of oxazole rings is 1. The van der Waals surface area contributed by atoms with Crippen LogP contribution in [0.2, 0.25) is 0 Å². The normalized spacial score (nSPS) is 11.4. The predicted octanol–water partition coefficient (Wildman–Crippen LogP) is 6.42. The minimum Gasteiger partial charge on any atom is -0.441 e. The van der Waals surface area contributed by atoms with Crippen LogP contribution in [0.5, 0.6) is 0 Å². The SMILES string of the molecule is Cc1ccc(-c2nc(CN(C)c3cc(C(=O)NCc4c(F)cc(F)cc4F)ccc3C(C)(C)C=O)c(C)o2)cc1. The van der Waals surface area contributed by atoms with Crippen LogP contribution in [0.3, 0.4) is 0 Å². The number of nitrogens with one attached hydrogen (secondary N) is 1. The van der Waals surface area contributed by atoms with Crippen LogP contribution in [0, 0.1) is 31.3 Å². The highest BCUT2D eigenvalue weighted by Gasteiger charge is 2.26. The average molecular weight is 550 g/mol. The van der Waals surface area contributed by atoms with Gasteiger partial charge in [-0.15, -0.1) is 0 Å². The smallest absolute Gasteiger partial charge is 0.251 e. The van der Waals surface area contributed by atoms with E-state index < -0.39 is 40.9 Å². The zero-order chi connectivity index (χ0) is 29.2. The Morgan fingerprint density at radius 2 is 1.68 bits per heavy atom. The van der Waals surface area contributed by atoms with Gasteiger partial charge in [0, 0.05) is 53.5 Å². The zero-order valence-corrected chi connectivity index (χ0v) is 22.9. The molecule has 3 aromatic carbocycles. The Bertz CT molecular complexity index is 1540. The van der Waals surface area contributed by atoms with Crippen molar-refractivity contribution in [2.45, 2.75) is 46.2 Å². The first-order valence-corrected chi connectivity index (χ1v) is 12.7. The molecule has 0 aliphatic rings. The van der Waals surface area contributed by atoms with Crippen LogP contribution >= 0.6 is 0 Å². The van der Waals surface area contributed by atoms with Crippen LogP contribution in [0.15, 0.2) is 59.0 Å². The third kappa shape index (κ3) is 6.09. The van der Waals surface area contributed by atoms with E-state index in [0.29, 0.717) is 47.3 Å². The van der Waals surface area contributed by atoms with Gasteiger partial charge in [-0.25, -0.2) is 18.2 Å². The lowest BCUT2D eigenvalue weighted by molar-refractivity contribution is -0.111. The van der Waals surface area contributed by atoms with Gasteiger partial charge in [0.2, 0.25) is 5.89 Å². The summed E-state index contributed by atoms with van der Waals surface area (Å²) >= 11 is 0. The maximum atomic E-state index is 14.0. The highest BCUT2D eigenvalue weighted by molar-refractivity contribution is 5.95. The molecule has 6 nitrogen and oxygen atoms in total. The Labute approximate surface area is 230 Å². The van der Waals surface area contributed by atoms with Crippen LogP contribution in [-0.2, 0) is 23.3 Å². The zero-order valence-electron chi connectivity index (χ0n) is 22.9. The number of aldehydes is 1. The van der Waals surface area contributed by atoms with Gasteiger partial charge in [-0.2, -0.15) is 0 Å². The second-order valence-corrected chi connectivity index (χ2v) is 10.3. The molecule has 0 radical (unpaired) electrons. The van der Waals surface area contributed by atoms with Crippen molar-refractivity contribution < 1.29 is 27.2 Å². The third-order valence-corrected chi connectivity index (χ3v) is 6.77. The number of nitrogens with zero attached hydrogens (tertiary/aromatic N) is 2. The van der Waals surface area contributed by atoms with Gasteiger partial charge in [0.25, 0.3) is 5.91 Å². The number of benzene rings is 3. The van der Waals surface area contributed by atoms with Gasteiger partial charge in [-0.05, 0) is 57.5 Å². The number of hydrogen-bond acceptors (Lipinski definition) is 5. The summed E-state index contributed by atoms with van der Waals surface area (Å²) in [6, 6.07) is 13.8. The first kappa shape index (κ1) is 28.6. The molecule has 0 aliphatic carbocycles. The van der Waals surface area contributed by atoms with Crippen molar-refractivity contribution >= 4 is 17.9 Å². The molecule has 0 unspecified atom stereocenters. The third-order valence-electron chi connectivity index (χ3n) is 6.77. The number of anilines is 1. The summed E-state index contributed by atoms with van der Waals surface area (Å²) in [5.74, 6) is -2.69. The van der Waals surface area contributed by atoms with Crippen molar-refractivity contribution in [2.75, 3.05) is 11.9 Å². The Morgan fingerprint density at radius 1 is 1.02 bits per heavy atom. The number of carbonyl (C=O) groups excluding carboxylic acids is 2. The minimum absolute atomic E-state index is 0.215. The molecule has 0 bridgehead atoms. The van der Waals surface area contributed by atoms with Gasteiger partial charge in [0.1, 0.15) is 35.2 Å². The van der Waals surface area contributed by atoms with Crippen LogP contribution < -0.4 is 10.2 Å². The Hall–Kier alpha value is -4.40. The van der Waals surface area contributed by atoms with Gasteiger partial charge in [0.15, 0.2) is 0 Å². The molecule has 0 saturated heterocycles. The van der Waals surface area contributed by atoms with Crippen LogP contribution in [0.25, 0.3) is 11.5 Å². The minimum atomic E-state index is -1.09. The number of aromatic nitrogens is 1. The summed E-state index contributed by atoms with van der Waals surface area (Å²) in [7, 11) is 1.81. The molecule has 0 aliphatic heterocycles. The second-order valence-electron chi connectivity index (χ2n) is 10.3. The summed E-state index contributed by atoms with van der Waals surface area (Å²) in [6.07, 6.45) is 0.830. The predicted molar refractivity (Wildman–Crippen MR) is 147 cm³/mol. The molecule has 0 spiro atoms. The van der Waals surface area contributed by atoms with E-state index in [0.717, 1.165) is 17.4 Å². The van der Waals surface area contributed by atoms with Crippen LogP contribution in [0.1, 0.15) is 52.3 Å². The summed E-state index contributed by atoms with van der Waals surface area (Å²) < 4.78 is 47.2. The summed E-state index contributed by atoms with van der Waals surface area (Å²) in [5.41, 5.74) is 2.83. The van der Waals surface area contributed by atoms with E-state index in [9.17, 15) is 22.8 Å². The van der Waals surface area contributed by atoms with Crippen molar-refractivity contribution in [1.82, 2.24) is 10.3 Å². The van der Waals surface area contributed by atoms with E-state index in [1.165, 1.54) is 0 Å². The van der Waals surface area contributed by atoms with Crippen LogP contribution in [-0.4, -0.2) is 24.2 Å². The van der Waals surface area contributed by atoms with E-state index in [-0.39, 0.29) is 5.56 Å². The van der Waals surface area contributed by atoms with E-state index in [2.05, 4.69) is 10.3 Å². The van der Waals surface area contributed by atoms with Crippen molar-refractivity contribution in [3.8, 4) is 11.5 Å². The summed E-state index contributed by atoms with van der Waals surface area (Å²) in [5, 5.41) is 2.48. The van der Waals surface area contributed by atoms with Gasteiger partial charge in [-0.3, -0.25) is 4.79 Å². The largest absolute Gasteiger partial charge is 0.441 e. The number of carbonyl (C=O) groups is 2. The standard InChI is InChI=1S/C31H30F3N3O3/c1-18-6-8-20(9-7-18)30-36-27(19(2)40-30)16-37(5)28-12-21(10-11-24(28)31(3,4)17-38)29(39)35-15-23-25(33)13-22(32)14-26(23)34/h6-14,17H,15-16H2,1-5H3,(H,35,39). The maximum Gasteiger partial charge on any atom is 0.251 e. The molecule has 208 valence electrons. The number of amides is 1. The molecule has 1 heterocycles. The maximum absolute atomic E-state index is 14.0. The van der Waals surface area contributed by atoms with E-state index >= 15 is 0 Å². The second kappa shape index (κ2) is 11.4. The number of aryl methyl sites for hydroxylation is 2. The molecule has 9 heteroatoms. The molecule has 0 atom stereocenters. The first-order chi connectivity index (χ1) is 18.9. The molecule has 0 fully saturated rings. The van der Waals surface area contributed by atoms with E-state index in [4.69, 9.17) is 4.42 Å². The fourth-order valence-corrected chi connectivity index (χ4v) is 4.31. The molecule has 1 aromatic heterocycles. The lowest BCUT2D eigenvalue weighted by Gasteiger charge is -2.28. The van der Waals surface area contributed by atoms with E-state index in [1.54, 1.807) is 32.0 Å². The topological polar surface area (TPSA) is 75.4 Å². The molecule has 0 saturated carbocycles. The van der Waals surface area contributed by atoms with Gasteiger partial charge in [0.05, 0.1) is 6.54 Å². The summed E-state index contributed by atoms with van der Waals surface area (Å²) in [4.78, 5) is 31.4. The van der Waals surface area contributed by atoms with Crippen molar-refractivity contribution in [3.05, 3.63) is 106 Å². The van der Waals surface area contributed by atoms with Gasteiger partial charge in [-0.1, -0.05) is 23.8 Å². The molecule has 1 N–H and O–H groups in total. The number of halogens is 3. The number of hydrogen-bond donors (Lipinski definition) is 1. The molecule has 4 aromatic rings. The lowest BCUT2D eigenvalue weighted by Crippen LogP contribution is -2.28. The molecular weight excluding hydrogens is 519 g/mol. The van der Waals surface area contributed by atoms with Gasteiger partial charge < -0.3 is 19.4 Å². The summed E-state index contributed by atoms with van der Waals surface area (Å²) in [6.45, 7) is 7.20. The lowest BCUT2D eigenvalue weighted by atomic mass is 9.84. The molecule has 40 heavy (non-hydrogen) atoms. The fraction of sp³-hybridized carbons (Fsp3) is 0.258. The Balaban J connectivity index is 1.61. The van der Waals surface area contributed by atoms with Gasteiger partial charge >= 0.3 is 0 Å². The molecular formula is C31H30F3N3O3. The molecule has 4 rings (SSSR count). The van der Waals surface area contributed by atoms with E-state index in [1.807, 2.05) is 50.1 Å². The molecule has 1 amide bonds. The Morgan fingerprint density at radius 3 is 2.30 bits per heavy atom. The average Bonchev–Trinajstić information content (AvgIpc) is 3.27. The first-order valence-electron chi connectivity index (χ1n) is 12.7. The fourth-order valence-electron chi connectivity index (χ4n) is 4.31. The van der Waals surface area contributed by atoms with Crippen LogP contribution in [0.4, 0.5) is 18.9 Å². The quantitative estimate of drug-likeness (QED) is 0.244. The van der Waals surface area contributed by atoms with Crippen molar-refractivity contribution in [1.29, 1.82) is 0 Å². The van der Waals surface area contributed by atoms with Crippen molar-refractivity contribution in [3.63, 3.8) is 0 Å². The number of rotatable bonds is 9. The highest BCUT2D eigenvalue weighted by atomic mass is 19.1. The monoisotopic (exact) mass is 549 g/mol. The highest BCUT2D eigenvalue weighted by Crippen LogP contribution is 2.33. The Kier molecular flexibility index (Phi) is 8.13.